The van der Waals surface area contributed by atoms with Crippen LogP contribution in [0, 0.1) is 0 Å². The van der Waals surface area contributed by atoms with Crippen LogP contribution in [0.5, 0.6) is 0 Å². The zero-order valence-electron chi connectivity index (χ0n) is 9.93. The van der Waals surface area contributed by atoms with E-state index in [2.05, 4.69) is 25.8 Å². The molecule has 0 bridgehead atoms. The van der Waals surface area contributed by atoms with Crippen LogP contribution >= 0.6 is 0 Å². The summed E-state index contributed by atoms with van der Waals surface area (Å²) < 4.78 is 22.8. The number of sulfone groups is 1. The Kier molecular flexibility index (Phi) is 3.19. The molecule has 0 fully saturated rings. The summed E-state index contributed by atoms with van der Waals surface area (Å²) >= 11 is 0. The molecule has 0 aliphatic rings. The van der Waals surface area contributed by atoms with Crippen molar-refractivity contribution < 1.29 is 8.42 Å². The first-order valence-electron chi connectivity index (χ1n) is 5.16. The lowest BCUT2D eigenvalue weighted by Crippen LogP contribution is -1.99. The highest BCUT2D eigenvalue weighted by atomic mass is 32.2. The van der Waals surface area contributed by atoms with E-state index in [9.17, 15) is 8.42 Å². The monoisotopic (exact) mass is 267 g/mol. The molecule has 0 amide bonds. The van der Waals surface area contributed by atoms with Gasteiger partial charge in [-0.2, -0.15) is 4.98 Å². The molecule has 0 saturated heterocycles. The number of hydrogen-bond donors (Lipinski definition) is 3. The number of H-pyrrole nitrogens is 1. The maximum Gasteiger partial charge on any atom is 0.243 e. The minimum Gasteiger partial charge on any atom is -0.356 e. The molecule has 0 aliphatic carbocycles. The van der Waals surface area contributed by atoms with Gasteiger partial charge < -0.3 is 10.6 Å². The fourth-order valence-corrected chi connectivity index (χ4v) is 2.04. The second-order valence-electron chi connectivity index (χ2n) is 3.68. The van der Waals surface area contributed by atoms with Crippen molar-refractivity contribution in [3.8, 4) is 0 Å². The highest BCUT2D eigenvalue weighted by Crippen LogP contribution is 2.18. The van der Waals surface area contributed by atoms with Gasteiger partial charge in [-0.15, -0.1) is 5.10 Å². The molecular formula is C10H13N5O2S. The number of nitrogens with zero attached hydrogens (tertiary/aromatic N) is 2. The molecule has 1 heterocycles. The zero-order valence-corrected chi connectivity index (χ0v) is 10.7. The molecule has 0 unspecified atom stereocenters. The molecule has 0 radical (unpaired) electrons. The van der Waals surface area contributed by atoms with E-state index in [1.807, 2.05) is 0 Å². The molecule has 18 heavy (non-hydrogen) atoms. The lowest BCUT2D eigenvalue weighted by Gasteiger charge is -2.04. The average Bonchev–Trinajstić information content (AvgIpc) is 2.76. The van der Waals surface area contributed by atoms with Crippen LogP contribution in [0.25, 0.3) is 0 Å². The van der Waals surface area contributed by atoms with Crippen molar-refractivity contribution >= 4 is 27.4 Å². The standard InChI is InChI=1S/C10H13N5O2S/c1-11-9-13-10(15-14-9)12-7-4-3-5-8(6-7)18(2,16)17/h3-6H,1-2H3,(H3,11,12,13,14,15). The van der Waals surface area contributed by atoms with Crippen LogP contribution in [0.15, 0.2) is 29.2 Å². The Bertz CT molecular complexity index is 650. The lowest BCUT2D eigenvalue weighted by molar-refractivity contribution is 0.602. The van der Waals surface area contributed by atoms with Crippen LogP contribution < -0.4 is 10.6 Å². The fourth-order valence-electron chi connectivity index (χ4n) is 1.37. The topological polar surface area (TPSA) is 99.8 Å². The summed E-state index contributed by atoms with van der Waals surface area (Å²) in [4.78, 5) is 4.33. The summed E-state index contributed by atoms with van der Waals surface area (Å²) in [6.07, 6.45) is 1.17. The van der Waals surface area contributed by atoms with Gasteiger partial charge in [0.15, 0.2) is 9.84 Å². The van der Waals surface area contributed by atoms with Crippen molar-refractivity contribution in [3.05, 3.63) is 24.3 Å². The van der Waals surface area contributed by atoms with E-state index in [1.54, 1.807) is 25.2 Å². The van der Waals surface area contributed by atoms with Crippen LogP contribution in [0.2, 0.25) is 0 Å². The third kappa shape index (κ3) is 2.77. The minimum absolute atomic E-state index is 0.251. The van der Waals surface area contributed by atoms with E-state index in [0.29, 0.717) is 17.6 Å². The van der Waals surface area contributed by atoms with Crippen LogP contribution in [0.4, 0.5) is 17.6 Å². The number of hydrogen-bond acceptors (Lipinski definition) is 6. The molecule has 0 saturated carbocycles. The molecule has 1 aromatic carbocycles. The molecule has 2 rings (SSSR count). The predicted molar refractivity (Wildman–Crippen MR) is 68.8 cm³/mol. The summed E-state index contributed by atoms with van der Waals surface area (Å²) in [6.45, 7) is 0. The second kappa shape index (κ2) is 4.65. The van der Waals surface area contributed by atoms with Crippen molar-refractivity contribution in [3.63, 3.8) is 0 Å². The molecule has 3 N–H and O–H groups in total. The Hall–Kier alpha value is -2.09. The molecule has 7 nitrogen and oxygen atoms in total. The van der Waals surface area contributed by atoms with Crippen molar-refractivity contribution in [2.24, 2.45) is 0 Å². The maximum absolute atomic E-state index is 11.4. The third-order valence-electron chi connectivity index (χ3n) is 2.23. The summed E-state index contributed by atoms with van der Waals surface area (Å²) in [6, 6.07) is 6.49. The molecule has 2 aromatic rings. The quantitative estimate of drug-likeness (QED) is 0.764. The largest absolute Gasteiger partial charge is 0.356 e. The van der Waals surface area contributed by atoms with E-state index < -0.39 is 9.84 Å². The zero-order chi connectivity index (χ0) is 13.2. The van der Waals surface area contributed by atoms with Crippen molar-refractivity contribution in [2.75, 3.05) is 23.9 Å². The highest BCUT2D eigenvalue weighted by Gasteiger charge is 2.08. The van der Waals surface area contributed by atoms with E-state index in [4.69, 9.17) is 0 Å². The summed E-state index contributed by atoms with van der Waals surface area (Å²) in [7, 11) is -1.51. The molecular weight excluding hydrogens is 254 g/mol. The smallest absolute Gasteiger partial charge is 0.243 e. The summed E-state index contributed by atoms with van der Waals surface area (Å²) in [5.74, 6) is 0.891. The van der Waals surface area contributed by atoms with Gasteiger partial charge in [-0.25, -0.2) is 13.5 Å². The van der Waals surface area contributed by atoms with Gasteiger partial charge in [0.1, 0.15) is 0 Å². The predicted octanol–water partition coefficient (Wildman–Crippen LogP) is 0.993. The Morgan fingerprint density at radius 1 is 1.33 bits per heavy atom. The minimum atomic E-state index is -3.22. The Morgan fingerprint density at radius 2 is 2.11 bits per heavy atom. The van der Waals surface area contributed by atoms with Crippen molar-refractivity contribution in [1.82, 2.24) is 15.2 Å². The van der Waals surface area contributed by atoms with Crippen molar-refractivity contribution in [1.29, 1.82) is 0 Å². The van der Waals surface area contributed by atoms with Crippen LogP contribution in [-0.2, 0) is 9.84 Å². The fraction of sp³-hybridized carbons (Fsp3) is 0.200. The number of aromatic amines is 1. The first-order chi connectivity index (χ1) is 8.49. The normalized spacial score (nSPS) is 11.2. The van der Waals surface area contributed by atoms with Crippen LogP contribution in [0.1, 0.15) is 0 Å². The number of anilines is 3. The molecule has 96 valence electrons. The average molecular weight is 267 g/mol. The van der Waals surface area contributed by atoms with E-state index in [-0.39, 0.29) is 4.90 Å². The molecule has 0 atom stereocenters. The maximum atomic E-state index is 11.4. The van der Waals surface area contributed by atoms with Gasteiger partial charge in [0.05, 0.1) is 4.90 Å². The number of rotatable bonds is 4. The molecule has 0 aliphatic heterocycles. The summed E-state index contributed by atoms with van der Waals surface area (Å²) in [5.41, 5.74) is 0.622. The Balaban J connectivity index is 2.24. The van der Waals surface area contributed by atoms with Gasteiger partial charge in [0.2, 0.25) is 11.9 Å². The number of aromatic nitrogens is 3. The highest BCUT2D eigenvalue weighted by molar-refractivity contribution is 7.90. The van der Waals surface area contributed by atoms with E-state index >= 15 is 0 Å². The van der Waals surface area contributed by atoms with Crippen LogP contribution in [-0.4, -0.2) is 36.9 Å². The molecule has 0 spiro atoms. The SMILES string of the molecule is CNc1n[nH]c(Nc2cccc(S(C)(=O)=O)c2)n1. The Morgan fingerprint density at radius 3 is 2.72 bits per heavy atom. The van der Waals surface area contributed by atoms with E-state index in [0.717, 1.165) is 0 Å². The van der Waals surface area contributed by atoms with Crippen LogP contribution in [0.3, 0.4) is 0 Å². The first kappa shape index (κ1) is 12.4. The first-order valence-corrected chi connectivity index (χ1v) is 7.05. The Labute approximate surface area is 105 Å². The van der Waals surface area contributed by atoms with E-state index in [1.165, 1.54) is 12.3 Å². The number of benzene rings is 1. The van der Waals surface area contributed by atoms with Gasteiger partial charge in [-0.3, -0.25) is 0 Å². The third-order valence-corrected chi connectivity index (χ3v) is 3.34. The molecule has 1 aromatic heterocycles. The van der Waals surface area contributed by atoms with Gasteiger partial charge in [-0.1, -0.05) is 6.07 Å². The lowest BCUT2D eigenvalue weighted by atomic mass is 10.3. The van der Waals surface area contributed by atoms with Gasteiger partial charge >= 0.3 is 0 Å². The van der Waals surface area contributed by atoms with Crippen molar-refractivity contribution in [2.45, 2.75) is 4.90 Å². The van der Waals surface area contributed by atoms with Gasteiger partial charge in [0, 0.05) is 19.0 Å². The second-order valence-corrected chi connectivity index (χ2v) is 5.70. The number of nitrogens with one attached hydrogen (secondary N) is 3. The molecule has 8 heteroatoms. The van der Waals surface area contributed by atoms with Gasteiger partial charge in [0.25, 0.3) is 0 Å². The van der Waals surface area contributed by atoms with Gasteiger partial charge in [-0.05, 0) is 18.2 Å². The summed E-state index contributed by atoms with van der Waals surface area (Å²) in [5, 5.41) is 12.3.